The van der Waals surface area contributed by atoms with Crippen LogP contribution in [0.25, 0.3) is 0 Å². The second-order valence-electron chi connectivity index (χ2n) is 4.22. The maximum absolute atomic E-state index is 12.5. The van der Waals surface area contributed by atoms with Crippen LogP contribution >= 0.6 is 0 Å². The van der Waals surface area contributed by atoms with E-state index in [-0.39, 0.29) is 5.91 Å². The summed E-state index contributed by atoms with van der Waals surface area (Å²) in [7, 11) is 1.75. The van der Waals surface area contributed by atoms with Crippen LogP contribution in [0.15, 0.2) is 39.6 Å². The summed E-state index contributed by atoms with van der Waals surface area (Å²) in [5.74, 6) is 1.23. The van der Waals surface area contributed by atoms with Crippen molar-refractivity contribution >= 4 is 11.8 Å². The number of nitrogens with one attached hydrogen (secondary N) is 1. The Labute approximate surface area is 104 Å². The number of nitrogens with zero attached hydrogens (tertiary/aromatic N) is 1. The molecule has 0 fully saturated rings. The molecule has 2 aromatic heterocycles. The minimum atomic E-state index is -0.456. The molecule has 3 rings (SSSR count). The number of fused-ring (bicyclic) bond motifs is 1. The molecule has 3 heterocycles. The zero-order valence-corrected chi connectivity index (χ0v) is 10.1. The Kier molecular flexibility index (Phi) is 2.68. The van der Waals surface area contributed by atoms with Crippen molar-refractivity contribution in [2.24, 2.45) is 0 Å². The summed E-state index contributed by atoms with van der Waals surface area (Å²) >= 11 is 0. The van der Waals surface area contributed by atoms with Gasteiger partial charge in [-0.15, -0.1) is 0 Å². The topological polar surface area (TPSA) is 58.6 Å². The number of furan rings is 2. The molecular weight excluding hydrogens is 232 g/mol. The van der Waals surface area contributed by atoms with Gasteiger partial charge in [-0.1, -0.05) is 0 Å². The molecule has 0 saturated heterocycles. The molecule has 94 valence electrons. The van der Waals surface area contributed by atoms with E-state index in [1.54, 1.807) is 36.6 Å². The highest BCUT2D eigenvalue weighted by molar-refractivity contribution is 5.97. The van der Waals surface area contributed by atoms with Crippen molar-refractivity contribution in [2.45, 2.75) is 12.5 Å². The van der Waals surface area contributed by atoms with Gasteiger partial charge in [0.25, 0.3) is 5.91 Å². The third-order valence-corrected chi connectivity index (χ3v) is 3.22. The van der Waals surface area contributed by atoms with E-state index in [0.717, 1.165) is 12.0 Å². The van der Waals surface area contributed by atoms with Crippen LogP contribution in [0.4, 0.5) is 5.88 Å². The summed E-state index contributed by atoms with van der Waals surface area (Å²) < 4.78 is 10.7. The van der Waals surface area contributed by atoms with Crippen molar-refractivity contribution in [2.75, 3.05) is 18.5 Å². The lowest BCUT2D eigenvalue weighted by atomic mass is 10.1. The van der Waals surface area contributed by atoms with Crippen molar-refractivity contribution in [3.63, 3.8) is 0 Å². The predicted octanol–water partition coefficient (Wildman–Crippen LogP) is 1.72. The second-order valence-corrected chi connectivity index (χ2v) is 4.22. The largest absolute Gasteiger partial charge is 0.467 e. The van der Waals surface area contributed by atoms with E-state index in [2.05, 4.69) is 5.32 Å². The monoisotopic (exact) mass is 246 g/mol. The highest BCUT2D eigenvalue weighted by atomic mass is 16.4. The summed E-state index contributed by atoms with van der Waals surface area (Å²) in [6.07, 6.45) is 3.96. The molecule has 0 radical (unpaired) electrons. The molecule has 0 spiro atoms. The first-order chi connectivity index (χ1) is 8.81. The maximum atomic E-state index is 12.5. The van der Waals surface area contributed by atoms with Gasteiger partial charge in [-0.05, 0) is 31.2 Å². The number of hydrogen-bond donors (Lipinski definition) is 1. The minimum absolute atomic E-state index is 0.0545. The van der Waals surface area contributed by atoms with E-state index in [9.17, 15) is 4.79 Å². The Balaban J connectivity index is 1.99. The first-order valence-electron chi connectivity index (χ1n) is 5.89. The molecule has 0 aromatic carbocycles. The first-order valence-corrected chi connectivity index (χ1v) is 5.89. The molecule has 0 bridgehead atoms. The number of amides is 1. The third-order valence-electron chi connectivity index (χ3n) is 3.22. The van der Waals surface area contributed by atoms with E-state index >= 15 is 0 Å². The zero-order chi connectivity index (χ0) is 12.5. The van der Waals surface area contributed by atoms with E-state index in [4.69, 9.17) is 8.83 Å². The Hall–Kier alpha value is -2.01. The van der Waals surface area contributed by atoms with Gasteiger partial charge in [-0.25, -0.2) is 0 Å². The number of carbonyl (C=O) groups excluding carboxylic acids is 1. The normalized spacial score (nSPS) is 19.7. The number of anilines is 1. The molecule has 0 saturated carbocycles. The summed E-state index contributed by atoms with van der Waals surface area (Å²) in [6, 6.07) is 5.03. The van der Waals surface area contributed by atoms with Gasteiger partial charge in [0.2, 0.25) is 5.88 Å². The van der Waals surface area contributed by atoms with Crippen LogP contribution < -0.4 is 10.2 Å². The fraction of sp³-hybridized carbons (Fsp3) is 0.308. The summed E-state index contributed by atoms with van der Waals surface area (Å²) in [5.41, 5.74) is 1.07. The molecule has 1 atom stereocenters. The number of likely N-dealkylation sites (N-methyl/N-ethyl adjacent to an activating group) is 1. The van der Waals surface area contributed by atoms with Crippen molar-refractivity contribution < 1.29 is 13.6 Å². The van der Waals surface area contributed by atoms with E-state index in [1.807, 2.05) is 6.07 Å². The van der Waals surface area contributed by atoms with E-state index < -0.39 is 6.04 Å². The van der Waals surface area contributed by atoms with Crippen LogP contribution in [0.2, 0.25) is 0 Å². The van der Waals surface area contributed by atoms with Gasteiger partial charge in [-0.2, -0.15) is 0 Å². The van der Waals surface area contributed by atoms with Gasteiger partial charge in [0, 0.05) is 12.6 Å². The molecule has 1 unspecified atom stereocenters. The van der Waals surface area contributed by atoms with Crippen LogP contribution in [0.3, 0.4) is 0 Å². The fourth-order valence-electron chi connectivity index (χ4n) is 2.31. The SMILES string of the molecule is CNC1C(=O)N(c2ccco2)CCc2ccoc21. The Morgan fingerprint density at radius 1 is 1.33 bits per heavy atom. The van der Waals surface area contributed by atoms with Crippen molar-refractivity contribution in [1.29, 1.82) is 0 Å². The minimum Gasteiger partial charge on any atom is -0.467 e. The molecule has 1 aliphatic rings. The van der Waals surface area contributed by atoms with E-state index in [1.165, 1.54) is 0 Å². The molecule has 5 nitrogen and oxygen atoms in total. The lowest BCUT2D eigenvalue weighted by molar-refractivity contribution is -0.121. The lowest BCUT2D eigenvalue weighted by Crippen LogP contribution is -2.38. The molecule has 1 aliphatic heterocycles. The van der Waals surface area contributed by atoms with Crippen LogP contribution in [0, 0.1) is 0 Å². The molecule has 0 aliphatic carbocycles. The number of carbonyl (C=O) groups is 1. The van der Waals surface area contributed by atoms with E-state index in [0.29, 0.717) is 18.2 Å². The summed E-state index contributed by atoms with van der Waals surface area (Å²) in [4.78, 5) is 14.1. The molecule has 2 aromatic rings. The van der Waals surface area contributed by atoms with Crippen LogP contribution in [0.5, 0.6) is 0 Å². The zero-order valence-electron chi connectivity index (χ0n) is 10.1. The van der Waals surface area contributed by atoms with Crippen LogP contribution in [0.1, 0.15) is 17.4 Å². The van der Waals surface area contributed by atoms with Crippen molar-refractivity contribution in [1.82, 2.24) is 5.32 Å². The van der Waals surface area contributed by atoms with Crippen LogP contribution in [-0.4, -0.2) is 19.5 Å². The number of rotatable bonds is 2. The molecular formula is C13H14N2O3. The average molecular weight is 246 g/mol. The van der Waals surface area contributed by atoms with Gasteiger partial charge in [0.15, 0.2) is 0 Å². The Morgan fingerprint density at radius 2 is 2.22 bits per heavy atom. The van der Waals surface area contributed by atoms with Gasteiger partial charge in [0.05, 0.1) is 12.5 Å². The molecule has 1 amide bonds. The van der Waals surface area contributed by atoms with Gasteiger partial charge in [0.1, 0.15) is 11.8 Å². The average Bonchev–Trinajstić information content (AvgIpc) is 3.01. The Bertz CT molecular complexity index is 544. The Morgan fingerprint density at radius 3 is 2.94 bits per heavy atom. The van der Waals surface area contributed by atoms with Gasteiger partial charge in [-0.3, -0.25) is 9.69 Å². The molecule has 18 heavy (non-hydrogen) atoms. The smallest absolute Gasteiger partial charge is 0.254 e. The highest BCUT2D eigenvalue weighted by Crippen LogP contribution is 2.28. The van der Waals surface area contributed by atoms with Crippen LogP contribution in [-0.2, 0) is 11.2 Å². The lowest BCUT2D eigenvalue weighted by Gasteiger charge is -2.21. The molecule has 5 heteroatoms. The fourth-order valence-corrected chi connectivity index (χ4v) is 2.31. The summed E-state index contributed by atoms with van der Waals surface area (Å²) in [5, 5.41) is 3.00. The van der Waals surface area contributed by atoms with Crippen molar-refractivity contribution in [3.8, 4) is 0 Å². The predicted molar refractivity (Wildman–Crippen MR) is 65.3 cm³/mol. The molecule has 1 N–H and O–H groups in total. The third kappa shape index (κ3) is 1.64. The van der Waals surface area contributed by atoms with Gasteiger partial charge < -0.3 is 14.2 Å². The quantitative estimate of drug-likeness (QED) is 0.876. The van der Waals surface area contributed by atoms with Crippen molar-refractivity contribution in [3.05, 3.63) is 42.0 Å². The van der Waals surface area contributed by atoms with Gasteiger partial charge >= 0.3 is 0 Å². The second kappa shape index (κ2) is 4.34. The maximum Gasteiger partial charge on any atom is 0.254 e. The highest BCUT2D eigenvalue weighted by Gasteiger charge is 2.33. The number of hydrogen-bond acceptors (Lipinski definition) is 4. The standard InChI is InChI=1S/C13H14N2O3/c1-14-11-12-9(5-8-18-12)4-6-15(13(11)16)10-3-2-7-17-10/h2-3,5,7-8,11,14H,4,6H2,1H3. The first kappa shape index (κ1) is 11.1. The summed E-state index contributed by atoms with van der Waals surface area (Å²) in [6.45, 7) is 0.594.